The Morgan fingerprint density at radius 3 is 2.53 bits per heavy atom. The van der Waals surface area contributed by atoms with E-state index in [1.54, 1.807) is 0 Å². The lowest BCUT2D eigenvalue weighted by molar-refractivity contribution is 0.199. The lowest BCUT2D eigenvalue weighted by Crippen LogP contribution is -2.34. The first kappa shape index (κ1) is 11.6. The largest absolute Gasteiger partial charge is 0.330 e. The minimum Gasteiger partial charge on any atom is -0.330 e. The molecule has 0 radical (unpaired) electrons. The zero-order valence-corrected chi connectivity index (χ0v) is 11.4. The summed E-state index contributed by atoms with van der Waals surface area (Å²) in [6, 6.07) is 4.38. The van der Waals surface area contributed by atoms with E-state index in [4.69, 9.17) is 5.73 Å². The Morgan fingerprint density at radius 1 is 1.27 bits per heavy atom. The molecular weight excluding hydrogens is 270 g/mol. The molecule has 2 rings (SSSR count). The highest BCUT2D eigenvalue weighted by Crippen LogP contribution is 2.40. The van der Waals surface area contributed by atoms with Crippen molar-refractivity contribution in [3.63, 3.8) is 0 Å². The molecule has 0 unspecified atom stereocenters. The molecule has 0 aliphatic heterocycles. The standard InChI is InChI=1S/C12H18BrNS/c13-11-5-4-10(15-11)8-12(9-14)6-2-1-3-7-12/h4-5H,1-3,6-9,14H2. The van der Waals surface area contributed by atoms with Crippen LogP contribution in [0.5, 0.6) is 0 Å². The molecule has 1 nitrogen and oxygen atoms in total. The summed E-state index contributed by atoms with van der Waals surface area (Å²) in [6.07, 6.45) is 7.95. The van der Waals surface area contributed by atoms with Crippen molar-refractivity contribution in [2.24, 2.45) is 11.1 Å². The topological polar surface area (TPSA) is 26.0 Å². The van der Waals surface area contributed by atoms with Crippen LogP contribution in [-0.2, 0) is 6.42 Å². The third-order valence-corrected chi connectivity index (χ3v) is 5.15. The number of thiophene rings is 1. The fraction of sp³-hybridized carbons (Fsp3) is 0.667. The molecule has 0 amide bonds. The Hall–Kier alpha value is 0.140. The average Bonchev–Trinajstić information content (AvgIpc) is 2.65. The lowest BCUT2D eigenvalue weighted by Gasteiger charge is -2.36. The quantitative estimate of drug-likeness (QED) is 0.895. The van der Waals surface area contributed by atoms with Gasteiger partial charge in [0.1, 0.15) is 0 Å². The van der Waals surface area contributed by atoms with Gasteiger partial charge in [0.15, 0.2) is 0 Å². The van der Waals surface area contributed by atoms with Crippen molar-refractivity contribution in [1.82, 2.24) is 0 Å². The Labute approximate surface area is 104 Å². The summed E-state index contributed by atoms with van der Waals surface area (Å²) in [5.74, 6) is 0. The number of hydrogen-bond acceptors (Lipinski definition) is 2. The van der Waals surface area contributed by atoms with Gasteiger partial charge < -0.3 is 5.73 Å². The van der Waals surface area contributed by atoms with E-state index in [1.165, 1.54) is 47.2 Å². The first-order valence-electron chi connectivity index (χ1n) is 5.68. The molecule has 2 N–H and O–H groups in total. The normalized spacial score (nSPS) is 20.4. The molecule has 1 fully saturated rings. The maximum absolute atomic E-state index is 5.99. The lowest BCUT2D eigenvalue weighted by atomic mass is 9.71. The molecule has 1 aromatic rings. The molecule has 0 spiro atoms. The van der Waals surface area contributed by atoms with E-state index < -0.39 is 0 Å². The van der Waals surface area contributed by atoms with Gasteiger partial charge in [0, 0.05) is 4.88 Å². The van der Waals surface area contributed by atoms with Crippen LogP contribution in [0, 0.1) is 5.41 Å². The van der Waals surface area contributed by atoms with Crippen LogP contribution < -0.4 is 5.73 Å². The second-order valence-electron chi connectivity index (χ2n) is 4.65. The average molecular weight is 288 g/mol. The van der Waals surface area contributed by atoms with Gasteiger partial charge >= 0.3 is 0 Å². The van der Waals surface area contributed by atoms with Crippen molar-refractivity contribution >= 4 is 27.3 Å². The minimum atomic E-state index is 0.405. The summed E-state index contributed by atoms with van der Waals surface area (Å²) < 4.78 is 1.24. The fourth-order valence-electron chi connectivity index (χ4n) is 2.57. The molecule has 15 heavy (non-hydrogen) atoms. The van der Waals surface area contributed by atoms with Crippen molar-refractivity contribution in [2.75, 3.05) is 6.54 Å². The molecule has 0 atom stereocenters. The minimum absolute atomic E-state index is 0.405. The van der Waals surface area contributed by atoms with Gasteiger partial charge in [-0.2, -0.15) is 0 Å². The summed E-state index contributed by atoms with van der Waals surface area (Å²) in [7, 11) is 0. The van der Waals surface area contributed by atoms with Crippen LogP contribution >= 0.6 is 27.3 Å². The molecule has 1 aliphatic rings. The van der Waals surface area contributed by atoms with Crippen molar-refractivity contribution in [3.05, 3.63) is 20.8 Å². The van der Waals surface area contributed by atoms with Gasteiger partial charge in [-0.15, -0.1) is 11.3 Å². The van der Waals surface area contributed by atoms with Crippen LogP contribution in [0.4, 0.5) is 0 Å². The third-order valence-electron chi connectivity index (χ3n) is 3.53. The van der Waals surface area contributed by atoms with Crippen LogP contribution in [-0.4, -0.2) is 6.54 Å². The number of rotatable bonds is 3. The first-order valence-corrected chi connectivity index (χ1v) is 7.29. The summed E-state index contributed by atoms with van der Waals surface area (Å²) in [4.78, 5) is 1.48. The fourth-order valence-corrected chi connectivity index (χ4v) is 4.23. The van der Waals surface area contributed by atoms with Gasteiger partial charge in [-0.25, -0.2) is 0 Å². The van der Waals surface area contributed by atoms with Crippen molar-refractivity contribution in [2.45, 2.75) is 38.5 Å². The van der Waals surface area contributed by atoms with Gasteiger partial charge in [-0.3, -0.25) is 0 Å². The predicted molar refractivity (Wildman–Crippen MR) is 70.3 cm³/mol. The molecule has 1 saturated carbocycles. The highest BCUT2D eigenvalue weighted by molar-refractivity contribution is 9.11. The van der Waals surface area contributed by atoms with Crippen LogP contribution in [0.25, 0.3) is 0 Å². The molecule has 0 saturated heterocycles. The van der Waals surface area contributed by atoms with Crippen LogP contribution in [0.3, 0.4) is 0 Å². The van der Waals surface area contributed by atoms with Gasteiger partial charge in [0.2, 0.25) is 0 Å². The van der Waals surface area contributed by atoms with Crippen molar-refractivity contribution in [1.29, 1.82) is 0 Å². The summed E-state index contributed by atoms with van der Waals surface area (Å²) in [5.41, 5.74) is 6.39. The van der Waals surface area contributed by atoms with Gasteiger partial charge in [-0.05, 0) is 59.3 Å². The van der Waals surface area contributed by atoms with Crippen molar-refractivity contribution in [3.8, 4) is 0 Å². The molecule has 1 aliphatic carbocycles. The monoisotopic (exact) mass is 287 g/mol. The Balaban J connectivity index is 2.06. The van der Waals surface area contributed by atoms with E-state index in [1.807, 2.05) is 11.3 Å². The molecule has 0 bridgehead atoms. The van der Waals surface area contributed by atoms with E-state index in [-0.39, 0.29) is 0 Å². The first-order chi connectivity index (χ1) is 7.24. The maximum Gasteiger partial charge on any atom is 0.0701 e. The predicted octanol–water partition coefficient (Wildman–Crippen LogP) is 3.96. The van der Waals surface area contributed by atoms with E-state index in [9.17, 15) is 0 Å². The number of nitrogens with two attached hydrogens (primary N) is 1. The Morgan fingerprint density at radius 2 is 2.00 bits per heavy atom. The zero-order valence-electron chi connectivity index (χ0n) is 8.97. The SMILES string of the molecule is NCC1(Cc2ccc(Br)s2)CCCCC1. The van der Waals surface area contributed by atoms with Crippen molar-refractivity contribution < 1.29 is 0 Å². The molecule has 0 aromatic carbocycles. The second-order valence-corrected chi connectivity index (χ2v) is 7.19. The number of hydrogen-bond donors (Lipinski definition) is 1. The summed E-state index contributed by atoms with van der Waals surface area (Å²) >= 11 is 5.38. The van der Waals surface area contributed by atoms with Gasteiger partial charge in [0.05, 0.1) is 3.79 Å². The zero-order chi connectivity index (χ0) is 10.7. The van der Waals surface area contributed by atoms with Crippen LogP contribution in [0.1, 0.15) is 37.0 Å². The molecular formula is C12H18BrNS. The summed E-state index contributed by atoms with van der Waals surface area (Å²) in [6.45, 7) is 0.850. The number of halogens is 1. The third kappa shape index (κ3) is 2.83. The van der Waals surface area contributed by atoms with E-state index in [2.05, 4.69) is 28.1 Å². The second kappa shape index (κ2) is 4.98. The molecule has 1 aromatic heterocycles. The molecule has 3 heteroatoms. The smallest absolute Gasteiger partial charge is 0.0701 e. The van der Waals surface area contributed by atoms with E-state index >= 15 is 0 Å². The van der Waals surface area contributed by atoms with E-state index in [0.717, 1.165) is 6.54 Å². The summed E-state index contributed by atoms with van der Waals surface area (Å²) in [5, 5.41) is 0. The van der Waals surface area contributed by atoms with Gasteiger partial charge in [0.25, 0.3) is 0 Å². The highest BCUT2D eigenvalue weighted by Gasteiger charge is 2.31. The van der Waals surface area contributed by atoms with Gasteiger partial charge in [-0.1, -0.05) is 19.3 Å². The highest BCUT2D eigenvalue weighted by atomic mass is 79.9. The molecule has 1 heterocycles. The van der Waals surface area contributed by atoms with Crippen LogP contribution in [0.15, 0.2) is 15.9 Å². The molecule has 84 valence electrons. The Kier molecular flexibility index (Phi) is 3.86. The van der Waals surface area contributed by atoms with E-state index in [0.29, 0.717) is 5.41 Å². The van der Waals surface area contributed by atoms with Crippen LogP contribution in [0.2, 0.25) is 0 Å². The Bertz CT molecular complexity index is 315. The maximum atomic E-state index is 5.99.